The molecular formula is C10H16N2. The quantitative estimate of drug-likeness (QED) is 0.503. The molecule has 2 nitrogen and oxygen atoms in total. The van der Waals surface area contributed by atoms with E-state index < -0.39 is 0 Å². The topological polar surface area (TPSA) is 49.8 Å². The molecular weight excluding hydrogens is 148 g/mol. The third kappa shape index (κ3) is 3.25. The Morgan fingerprint density at radius 3 is 2.17 bits per heavy atom. The monoisotopic (exact) mass is 164 g/mol. The second-order valence-electron chi connectivity index (χ2n) is 3.25. The number of nitriles is 1. The molecule has 66 valence electrons. The van der Waals surface area contributed by atoms with Crippen molar-refractivity contribution in [3.63, 3.8) is 0 Å². The van der Waals surface area contributed by atoms with E-state index >= 15 is 0 Å². The summed E-state index contributed by atoms with van der Waals surface area (Å²) >= 11 is 0. The molecule has 0 heterocycles. The SMILES string of the molecule is C/C(N)=C\C(C)=C(\C#N)C(C)C. The normalized spacial score (nSPS) is 14.2. The van der Waals surface area contributed by atoms with Crippen molar-refractivity contribution in [3.8, 4) is 6.07 Å². The summed E-state index contributed by atoms with van der Waals surface area (Å²) in [5, 5.41) is 8.80. The molecule has 0 bridgehead atoms. The van der Waals surface area contributed by atoms with Crippen LogP contribution in [0.15, 0.2) is 22.9 Å². The van der Waals surface area contributed by atoms with Gasteiger partial charge in [-0.05, 0) is 31.4 Å². The lowest BCUT2D eigenvalue weighted by molar-refractivity contribution is 0.787. The lowest BCUT2D eigenvalue weighted by Gasteiger charge is -2.04. The first-order chi connectivity index (χ1) is 5.49. The molecule has 2 N–H and O–H groups in total. The first-order valence-corrected chi connectivity index (χ1v) is 4.03. The maximum Gasteiger partial charge on any atom is 0.0952 e. The Balaban J connectivity index is 4.90. The van der Waals surface area contributed by atoms with Crippen molar-refractivity contribution in [1.82, 2.24) is 0 Å². The molecule has 2 heteroatoms. The number of hydrogen-bond acceptors (Lipinski definition) is 2. The van der Waals surface area contributed by atoms with E-state index in [0.717, 1.165) is 16.8 Å². The Labute approximate surface area is 74.4 Å². The largest absolute Gasteiger partial charge is 0.402 e. The lowest BCUT2D eigenvalue weighted by atomic mass is 9.99. The van der Waals surface area contributed by atoms with E-state index in [0.29, 0.717) is 0 Å². The highest BCUT2D eigenvalue weighted by molar-refractivity contribution is 5.35. The van der Waals surface area contributed by atoms with Gasteiger partial charge in [-0.3, -0.25) is 0 Å². The predicted octanol–water partition coefficient (Wildman–Crippen LogP) is 2.34. The van der Waals surface area contributed by atoms with Crippen LogP contribution in [0.5, 0.6) is 0 Å². The molecule has 0 aromatic heterocycles. The molecule has 0 aliphatic carbocycles. The average Bonchev–Trinajstić information content (AvgIpc) is 1.85. The highest BCUT2D eigenvalue weighted by Gasteiger charge is 2.04. The number of rotatable bonds is 2. The van der Waals surface area contributed by atoms with Gasteiger partial charge in [-0.2, -0.15) is 5.26 Å². The van der Waals surface area contributed by atoms with Crippen molar-refractivity contribution < 1.29 is 0 Å². The third-order valence-electron chi connectivity index (χ3n) is 1.57. The van der Waals surface area contributed by atoms with Crippen molar-refractivity contribution >= 4 is 0 Å². The zero-order valence-corrected chi connectivity index (χ0v) is 8.18. The van der Waals surface area contributed by atoms with E-state index in [1.54, 1.807) is 0 Å². The molecule has 0 amide bonds. The van der Waals surface area contributed by atoms with Crippen molar-refractivity contribution in [2.45, 2.75) is 27.7 Å². The van der Waals surface area contributed by atoms with Gasteiger partial charge in [0.15, 0.2) is 0 Å². The highest BCUT2D eigenvalue weighted by atomic mass is 14.5. The number of hydrogen-bond donors (Lipinski definition) is 1. The first kappa shape index (κ1) is 10.8. The maximum absolute atomic E-state index is 8.80. The summed E-state index contributed by atoms with van der Waals surface area (Å²) in [4.78, 5) is 0. The Bertz CT molecular complexity index is 248. The average molecular weight is 164 g/mol. The summed E-state index contributed by atoms with van der Waals surface area (Å²) in [6, 6.07) is 2.19. The van der Waals surface area contributed by atoms with Crippen LogP contribution in [0.25, 0.3) is 0 Å². The molecule has 0 aromatic rings. The van der Waals surface area contributed by atoms with Gasteiger partial charge < -0.3 is 5.73 Å². The van der Waals surface area contributed by atoms with Crippen LogP contribution in [0.2, 0.25) is 0 Å². The summed E-state index contributed by atoms with van der Waals surface area (Å²) < 4.78 is 0. The summed E-state index contributed by atoms with van der Waals surface area (Å²) in [5.74, 6) is 0.269. The molecule has 0 spiro atoms. The zero-order valence-electron chi connectivity index (χ0n) is 8.18. The minimum atomic E-state index is 0.269. The van der Waals surface area contributed by atoms with Gasteiger partial charge in [-0.15, -0.1) is 0 Å². The molecule has 0 saturated heterocycles. The van der Waals surface area contributed by atoms with Crippen LogP contribution < -0.4 is 5.73 Å². The van der Waals surface area contributed by atoms with Gasteiger partial charge in [0.2, 0.25) is 0 Å². The Kier molecular flexibility index (Phi) is 4.14. The van der Waals surface area contributed by atoms with Gasteiger partial charge in [0.1, 0.15) is 0 Å². The predicted molar refractivity (Wildman–Crippen MR) is 51.1 cm³/mol. The van der Waals surface area contributed by atoms with Gasteiger partial charge in [-0.1, -0.05) is 13.8 Å². The number of allylic oxidation sites excluding steroid dienone is 4. The lowest BCUT2D eigenvalue weighted by Crippen LogP contribution is -1.96. The van der Waals surface area contributed by atoms with E-state index in [9.17, 15) is 0 Å². The van der Waals surface area contributed by atoms with Crippen LogP contribution >= 0.6 is 0 Å². The van der Waals surface area contributed by atoms with Crippen LogP contribution in [0, 0.1) is 17.2 Å². The minimum Gasteiger partial charge on any atom is -0.402 e. The molecule has 0 unspecified atom stereocenters. The molecule has 0 saturated carbocycles. The van der Waals surface area contributed by atoms with E-state index in [2.05, 4.69) is 6.07 Å². The molecule has 0 fully saturated rings. The minimum absolute atomic E-state index is 0.269. The fraction of sp³-hybridized carbons (Fsp3) is 0.500. The first-order valence-electron chi connectivity index (χ1n) is 4.03. The molecule has 0 atom stereocenters. The van der Waals surface area contributed by atoms with E-state index in [4.69, 9.17) is 11.0 Å². The number of nitrogens with two attached hydrogens (primary N) is 1. The molecule has 0 rings (SSSR count). The fourth-order valence-corrected chi connectivity index (χ4v) is 1.09. The summed E-state index contributed by atoms with van der Waals surface area (Å²) in [7, 11) is 0. The van der Waals surface area contributed by atoms with Crippen LogP contribution in [-0.2, 0) is 0 Å². The van der Waals surface area contributed by atoms with Gasteiger partial charge in [0.25, 0.3) is 0 Å². The van der Waals surface area contributed by atoms with Gasteiger partial charge in [-0.25, -0.2) is 0 Å². The number of nitrogens with zero attached hydrogens (tertiary/aromatic N) is 1. The van der Waals surface area contributed by atoms with Crippen molar-refractivity contribution in [2.75, 3.05) is 0 Å². The molecule has 0 aromatic carbocycles. The van der Waals surface area contributed by atoms with Gasteiger partial charge in [0.05, 0.1) is 6.07 Å². The Morgan fingerprint density at radius 1 is 1.42 bits per heavy atom. The molecule has 0 aliphatic heterocycles. The zero-order chi connectivity index (χ0) is 9.72. The van der Waals surface area contributed by atoms with Crippen LogP contribution in [0.4, 0.5) is 0 Å². The van der Waals surface area contributed by atoms with E-state index in [1.165, 1.54) is 0 Å². The Morgan fingerprint density at radius 2 is 1.92 bits per heavy atom. The van der Waals surface area contributed by atoms with Gasteiger partial charge >= 0.3 is 0 Å². The highest BCUT2D eigenvalue weighted by Crippen LogP contribution is 2.14. The standard InChI is InChI=1S/C10H16N2/c1-7(2)10(6-11)8(3)5-9(4)12/h5,7H,12H2,1-4H3/b9-5+,10-8-. The molecule has 0 aliphatic rings. The van der Waals surface area contributed by atoms with Gasteiger partial charge in [0, 0.05) is 11.3 Å². The molecule has 0 radical (unpaired) electrons. The summed E-state index contributed by atoms with van der Waals surface area (Å²) in [5.41, 5.74) is 8.01. The van der Waals surface area contributed by atoms with Crippen molar-refractivity contribution in [3.05, 3.63) is 22.9 Å². The molecule has 12 heavy (non-hydrogen) atoms. The fourth-order valence-electron chi connectivity index (χ4n) is 1.09. The maximum atomic E-state index is 8.80. The van der Waals surface area contributed by atoms with Crippen molar-refractivity contribution in [1.29, 1.82) is 5.26 Å². The van der Waals surface area contributed by atoms with Crippen LogP contribution in [0.3, 0.4) is 0 Å². The summed E-state index contributed by atoms with van der Waals surface area (Å²) in [6.45, 7) is 7.73. The Hall–Kier alpha value is -1.23. The smallest absolute Gasteiger partial charge is 0.0952 e. The van der Waals surface area contributed by atoms with Crippen LogP contribution in [-0.4, -0.2) is 0 Å². The van der Waals surface area contributed by atoms with E-state index in [1.807, 2.05) is 33.8 Å². The summed E-state index contributed by atoms with van der Waals surface area (Å²) in [6.07, 6.45) is 1.83. The van der Waals surface area contributed by atoms with E-state index in [-0.39, 0.29) is 5.92 Å². The second-order valence-corrected chi connectivity index (χ2v) is 3.25. The second kappa shape index (κ2) is 4.61. The van der Waals surface area contributed by atoms with Crippen LogP contribution in [0.1, 0.15) is 27.7 Å². The van der Waals surface area contributed by atoms with Crippen molar-refractivity contribution in [2.24, 2.45) is 11.7 Å². The third-order valence-corrected chi connectivity index (χ3v) is 1.57.